The predicted molar refractivity (Wildman–Crippen MR) is 97.4 cm³/mol. The second-order valence-electron chi connectivity index (χ2n) is 6.67. The van der Waals surface area contributed by atoms with Gasteiger partial charge in [-0.3, -0.25) is 0 Å². The summed E-state index contributed by atoms with van der Waals surface area (Å²) < 4.78 is 5.34. The van der Waals surface area contributed by atoms with Crippen LogP contribution in [0.1, 0.15) is 110 Å². The lowest BCUT2D eigenvalue weighted by molar-refractivity contribution is 0.143. The van der Waals surface area contributed by atoms with E-state index in [2.05, 4.69) is 13.8 Å². The van der Waals surface area contributed by atoms with Crippen LogP contribution in [0.5, 0.6) is 0 Å². The third-order valence-electron chi connectivity index (χ3n) is 4.42. The summed E-state index contributed by atoms with van der Waals surface area (Å²) in [4.78, 5) is 0. The summed E-state index contributed by atoms with van der Waals surface area (Å²) in [5, 5.41) is 9.90. The molecule has 2 nitrogen and oxygen atoms in total. The number of aliphatic hydroxyl groups excluding tert-OH is 1. The first kappa shape index (κ1) is 21.9. The molecule has 0 aromatic carbocycles. The molecule has 0 rings (SSSR count). The Balaban J connectivity index is 3.07. The Morgan fingerprint density at radius 3 is 1.59 bits per heavy atom. The monoisotopic (exact) mass is 314 g/mol. The van der Waals surface area contributed by atoms with Gasteiger partial charge < -0.3 is 9.84 Å². The van der Waals surface area contributed by atoms with Crippen LogP contribution in [0.15, 0.2) is 0 Å². The minimum atomic E-state index is -0.0396. The van der Waals surface area contributed by atoms with Crippen LogP contribution in [-0.4, -0.2) is 24.4 Å². The zero-order chi connectivity index (χ0) is 16.3. The van der Waals surface area contributed by atoms with Gasteiger partial charge in [0.2, 0.25) is 0 Å². The van der Waals surface area contributed by atoms with Crippen molar-refractivity contribution in [2.24, 2.45) is 0 Å². The van der Waals surface area contributed by atoms with Crippen LogP contribution in [0.4, 0.5) is 0 Å². The Morgan fingerprint density at radius 2 is 1.09 bits per heavy atom. The molecule has 0 saturated carbocycles. The number of hydrogen-bond acceptors (Lipinski definition) is 2. The molecule has 0 aliphatic carbocycles. The average molecular weight is 315 g/mol. The molecule has 1 unspecified atom stereocenters. The van der Waals surface area contributed by atoms with Gasteiger partial charge in [0.05, 0.1) is 6.10 Å². The molecule has 0 saturated heterocycles. The maximum atomic E-state index is 9.90. The standard InChI is InChI=1S/C20H42O2/c1-3-5-6-14-17-20(21)18-15-12-10-8-7-9-11-13-16-19-22-4-2/h20-21H,3-19H2,1-2H3. The van der Waals surface area contributed by atoms with Crippen LogP contribution in [-0.2, 0) is 4.74 Å². The first-order valence-electron chi connectivity index (χ1n) is 10.1. The molecule has 2 heteroatoms. The van der Waals surface area contributed by atoms with E-state index in [0.717, 1.165) is 26.1 Å². The fourth-order valence-corrected chi connectivity index (χ4v) is 2.92. The van der Waals surface area contributed by atoms with Gasteiger partial charge in [0.25, 0.3) is 0 Å². The van der Waals surface area contributed by atoms with Gasteiger partial charge in [-0.25, -0.2) is 0 Å². The lowest BCUT2D eigenvalue weighted by Crippen LogP contribution is -2.05. The van der Waals surface area contributed by atoms with Crippen LogP contribution in [0, 0.1) is 0 Å². The highest BCUT2D eigenvalue weighted by atomic mass is 16.5. The Labute approximate surface area is 140 Å². The summed E-state index contributed by atoms with van der Waals surface area (Å²) >= 11 is 0. The zero-order valence-electron chi connectivity index (χ0n) is 15.5. The van der Waals surface area contributed by atoms with Crippen molar-refractivity contribution in [1.82, 2.24) is 0 Å². The summed E-state index contributed by atoms with van der Waals surface area (Å²) in [6.07, 6.45) is 19.0. The Kier molecular flexibility index (Phi) is 18.9. The SMILES string of the molecule is CCCCCCC(O)CCCCCCCCCCCOCC. The topological polar surface area (TPSA) is 29.5 Å². The van der Waals surface area contributed by atoms with Crippen molar-refractivity contribution in [2.45, 2.75) is 116 Å². The molecule has 134 valence electrons. The van der Waals surface area contributed by atoms with Crippen molar-refractivity contribution in [3.63, 3.8) is 0 Å². The van der Waals surface area contributed by atoms with E-state index in [1.54, 1.807) is 0 Å². The second kappa shape index (κ2) is 19.0. The maximum Gasteiger partial charge on any atom is 0.0540 e. The lowest BCUT2D eigenvalue weighted by atomic mass is 10.0. The van der Waals surface area contributed by atoms with Crippen molar-refractivity contribution in [1.29, 1.82) is 0 Å². The third-order valence-corrected chi connectivity index (χ3v) is 4.42. The highest BCUT2D eigenvalue weighted by molar-refractivity contribution is 4.57. The Morgan fingerprint density at radius 1 is 0.636 bits per heavy atom. The van der Waals surface area contributed by atoms with Crippen molar-refractivity contribution < 1.29 is 9.84 Å². The minimum absolute atomic E-state index is 0.0396. The molecular formula is C20H42O2. The van der Waals surface area contributed by atoms with Crippen LogP contribution in [0.3, 0.4) is 0 Å². The Bertz CT molecular complexity index is 194. The molecule has 0 spiro atoms. The van der Waals surface area contributed by atoms with E-state index >= 15 is 0 Å². The van der Waals surface area contributed by atoms with Gasteiger partial charge in [0, 0.05) is 13.2 Å². The number of aliphatic hydroxyl groups is 1. The smallest absolute Gasteiger partial charge is 0.0540 e. The molecule has 0 bridgehead atoms. The Hall–Kier alpha value is -0.0800. The fourth-order valence-electron chi connectivity index (χ4n) is 2.92. The summed E-state index contributed by atoms with van der Waals surface area (Å²) in [5.41, 5.74) is 0. The molecule has 0 aliphatic heterocycles. The van der Waals surface area contributed by atoms with Gasteiger partial charge in [0.15, 0.2) is 0 Å². The predicted octanol–water partition coefficient (Wildman–Crippen LogP) is 6.26. The molecule has 1 N–H and O–H groups in total. The van der Waals surface area contributed by atoms with Crippen molar-refractivity contribution >= 4 is 0 Å². The largest absolute Gasteiger partial charge is 0.393 e. The minimum Gasteiger partial charge on any atom is -0.393 e. The van der Waals surface area contributed by atoms with Crippen molar-refractivity contribution in [3.8, 4) is 0 Å². The zero-order valence-corrected chi connectivity index (χ0v) is 15.5. The van der Waals surface area contributed by atoms with Crippen molar-refractivity contribution in [3.05, 3.63) is 0 Å². The first-order chi connectivity index (χ1) is 10.8. The van der Waals surface area contributed by atoms with Gasteiger partial charge >= 0.3 is 0 Å². The van der Waals surface area contributed by atoms with E-state index in [9.17, 15) is 5.11 Å². The van der Waals surface area contributed by atoms with E-state index in [-0.39, 0.29) is 6.10 Å². The summed E-state index contributed by atoms with van der Waals surface area (Å²) in [5.74, 6) is 0. The average Bonchev–Trinajstić information content (AvgIpc) is 2.52. The first-order valence-corrected chi connectivity index (χ1v) is 10.1. The summed E-state index contributed by atoms with van der Waals surface area (Å²) in [7, 11) is 0. The number of hydrogen-bond donors (Lipinski definition) is 1. The summed E-state index contributed by atoms with van der Waals surface area (Å²) in [6.45, 7) is 6.09. The third kappa shape index (κ3) is 18.0. The molecule has 0 aromatic heterocycles. The fraction of sp³-hybridized carbons (Fsp3) is 1.00. The molecule has 0 heterocycles. The molecular weight excluding hydrogens is 272 g/mol. The second-order valence-corrected chi connectivity index (χ2v) is 6.67. The van der Waals surface area contributed by atoms with Gasteiger partial charge in [-0.2, -0.15) is 0 Å². The van der Waals surface area contributed by atoms with Gasteiger partial charge in [0.1, 0.15) is 0 Å². The molecule has 0 fully saturated rings. The van der Waals surface area contributed by atoms with Crippen LogP contribution < -0.4 is 0 Å². The normalized spacial score (nSPS) is 12.7. The van der Waals surface area contributed by atoms with E-state index in [1.165, 1.54) is 83.5 Å². The molecule has 0 radical (unpaired) electrons. The van der Waals surface area contributed by atoms with Gasteiger partial charge in [-0.15, -0.1) is 0 Å². The molecule has 22 heavy (non-hydrogen) atoms. The molecule has 1 atom stereocenters. The number of unbranched alkanes of at least 4 members (excludes halogenated alkanes) is 11. The highest BCUT2D eigenvalue weighted by Gasteiger charge is 2.03. The van der Waals surface area contributed by atoms with Crippen LogP contribution >= 0.6 is 0 Å². The molecule has 0 aliphatic rings. The van der Waals surface area contributed by atoms with Crippen molar-refractivity contribution in [2.75, 3.05) is 13.2 Å². The van der Waals surface area contributed by atoms with E-state index in [0.29, 0.717) is 0 Å². The maximum absolute atomic E-state index is 9.90. The summed E-state index contributed by atoms with van der Waals surface area (Å²) in [6, 6.07) is 0. The van der Waals surface area contributed by atoms with E-state index in [1.807, 2.05) is 0 Å². The van der Waals surface area contributed by atoms with E-state index in [4.69, 9.17) is 4.74 Å². The number of ether oxygens (including phenoxy) is 1. The molecule has 0 amide bonds. The van der Waals surface area contributed by atoms with Gasteiger partial charge in [-0.1, -0.05) is 84.0 Å². The molecule has 0 aromatic rings. The van der Waals surface area contributed by atoms with Crippen LogP contribution in [0.2, 0.25) is 0 Å². The highest BCUT2D eigenvalue weighted by Crippen LogP contribution is 2.14. The number of rotatable bonds is 18. The quantitative estimate of drug-likeness (QED) is 0.303. The van der Waals surface area contributed by atoms with E-state index < -0.39 is 0 Å². The van der Waals surface area contributed by atoms with Gasteiger partial charge in [-0.05, 0) is 26.2 Å². The van der Waals surface area contributed by atoms with Crippen LogP contribution in [0.25, 0.3) is 0 Å². The lowest BCUT2D eigenvalue weighted by Gasteiger charge is -2.10.